The number of nitrogens with zero attached hydrogens (tertiary/aromatic N) is 3. The highest BCUT2D eigenvalue weighted by Crippen LogP contribution is 2.23. The topological polar surface area (TPSA) is 38.1 Å². The molecule has 1 amide bonds. The lowest BCUT2D eigenvalue weighted by Crippen LogP contribution is -2.36. The number of aromatic nitrogens is 2. The van der Waals surface area contributed by atoms with Crippen LogP contribution >= 0.6 is 15.9 Å². The fourth-order valence-corrected chi connectivity index (χ4v) is 2.87. The lowest BCUT2D eigenvalue weighted by molar-refractivity contribution is 0.0760. The van der Waals surface area contributed by atoms with Gasteiger partial charge < -0.3 is 4.90 Å². The molecule has 0 N–H and O–H groups in total. The third kappa shape index (κ3) is 2.97. The van der Waals surface area contributed by atoms with E-state index in [0.717, 1.165) is 29.6 Å². The van der Waals surface area contributed by atoms with Gasteiger partial charge in [0.15, 0.2) is 5.69 Å². The van der Waals surface area contributed by atoms with Crippen molar-refractivity contribution in [2.24, 2.45) is 0 Å². The van der Waals surface area contributed by atoms with Crippen LogP contribution in [0, 0.1) is 6.92 Å². The number of hydrogen-bond acceptors (Lipinski definition) is 2. The van der Waals surface area contributed by atoms with Crippen molar-refractivity contribution in [1.82, 2.24) is 14.7 Å². The highest BCUT2D eigenvalue weighted by molar-refractivity contribution is 9.11. The largest absolute Gasteiger partial charge is 0.332 e. The first-order valence-electron chi connectivity index (χ1n) is 7.13. The number of halogens is 1. The molecular weight excluding hydrogens is 318 g/mol. The van der Waals surface area contributed by atoms with E-state index in [2.05, 4.69) is 41.8 Å². The Morgan fingerprint density at radius 2 is 2.20 bits per heavy atom. The van der Waals surface area contributed by atoms with Crippen LogP contribution in [-0.2, 0) is 0 Å². The van der Waals surface area contributed by atoms with Gasteiger partial charge in [0, 0.05) is 22.8 Å². The Morgan fingerprint density at radius 1 is 1.50 bits per heavy atom. The zero-order valence-electron chi connectivity index (χ0n) is 12.6. The van der Waals surface area contributed by atoms with Gasteiger partial charge in [-0.1, -0.05) is 28.4 Å². The number of aryl methyl sites for hydroxylation is 1. The van der Waals surface area contributed by atoms with Crippen molar-refractivity contribution in [3.8, 4) is 0 Å². The minimum atomic E-state index is 0.0274. The van der Waals surface area contributed by atoms with E-state index in [9.17, 15) is 4.79 Å². The van der Waals surface area contributed by atoms with Crippen LogP contribution < -0.4 is 0 Å². The SMILES string of the molecule is CCC(C)n1nc(C(=O)N2CCC(C)=C(Br)C2)cc1C. The molecule has 20 heavy (non-hydrogen) atoms. The predicted octanol–water partition coefficient (Wildman–Crippen LogP) is 3.68. The molecular formula is C15H22BrN3O. The number of hydrogen-bond donors (Lipinski definition) is 0. The standard InChI is InChI=1S/C15H22BrN3O/c1-5-11(3)19-12(4)8-14(17-19)15(20)18-7-6-10(2)13(16)9-18/h8,11H,5-7,9H2,1-4H3. The van der Waals surface area contributed by atoms with Crippen molar-refractivity contribution in [1.29, 1.82) is 0 Å². The maximum absolute atomic E-state index is 12.5. The van der Waals surface area contributed by atoms with Crippen LogP contribution in [0.5, 0.6) is 0 Å². The summed E-state index contributed by atoms with van der Waals surface area (Å²) in [6.45, 7) is 9.79. The molecule has 0 spiro atoms. The number of carbonyl (C=O) groups excluding carboxylic acids is 1. The van der Waals surface area contributed by atoms with Crippen molar-refractivity contribution in [2.75, 3.05) is 13.1 Å². The number of carbonyl (C=O) groups is 1. The van der Waals surface area contributed by atoms with Crippen molar-refractivity contribution < 1.29 is 4.79 Å². The summed E-state index contributed by atoms with van der Waals surface area (Å²) in [5.74, 6) is 0.0274. The summed E-state index contributed by atoms with van der Waals surface area (Å²) in [5.41, 5.74) is 2.93. The molecule has 0 bridgehead atoms. The number of rotatable bonds is 3. The minimum absolute atomic E-state index is 0.0274. The highest BCUT2D eigenvalue weighted by atomic mass is 79.9. The van der Waals surface area contributed by atoms with Gasteiger partial charge in [-0.3, -0.25) is 9.48 Å². The molecule has 1 aliphatic rings. The first kappa shape index (κ1) is 15.3. The van der Waals surface area contributed by atoms with E-state index in [1.54, 1.807) is 0 Å². The van der Waals surface area contributed by atoms with E-state index in [1.807, 2.05) is 22.6 Å². The van der Waals surface area contributed by atoms with Crippen LogP contribution in [0.1, 0.15) is 55.8 Å². The quantitative estimate of drug-likeness (QED) is 0.842. The Kier molecular flexibility index (Phi) is 4.68. The van der Waals surface area contributed by atoms with Crippen LogP contribution in [0.4, 0.5) is 0 Å². The summed E-state index contributed by atoms with van der Waals surface area (Å²) in [5, 5.41) is 4.49. The molecule has 0 radical (unpaired) electrons. The fourth-order valence-electron chi connectivity index (χ4n) is 2.37. The van der Waals surface area contributed by atoms with Gasteiger partial charge in [0.1, 0.15) is 0 Å². The first-order chi connectivity index (χ1) is 9.43. The van der Waals surface area contributed by atoms with Gasteiger partial charge in [-0.25, -0.2) is 0 Å². The van der Waals surface area contributed by atoms with Crippen molar-refractivity contribution in [2.45, 2.75) is 46.6 Å². The lowest BCUT2D eigenvalue weighted by Gasteiger charge is -2.27. The molecule has 0 fully saturated rings. The second-order valence-electron chi connectivity index (χ2n) is 5.53. The summed E-state index contributed by atoms with van der Waals surface area (Å²) in [6, 6.07) is 2.22. The maximum atomic E-state index is 12.5. The van der Waals surface area contributed by atoms with Gasteiger partial charge in [-0.05, 0) is 39.7 Å². The van der Waals surface area contributed by atoms with Gasteiger partial charge in [-0.2, -0.15) is 5.10 Å². The summed E-state index contributed by atoms with van der Waals surface area (Å²) in [4.78, 5) is 14.4. The Labute approximate surface area is 129 Å². The highest BCUT2D eigenvalue weighted by Gasteiger charge is 2.24. The van der Waals surface area contributed by atoms with Gasteiger partial charge in [0.25, 0.3) is 5.91 Å². The first-order valence-corrected chi connectivity index (χ1v) is 7.92. The summed E-state index contributed by atoms with van der Waals surface area (Å²) >= 11 is 3.55. The van der Waals surface area contributed by atoms with Crippen LogP contribution in [0.2, 0.25) is 0 Å². The third-order valence-corrected chi connectivity index (χ3v) is 4.91. The molecule has 2 rings (SSSR count). The normalized spacial score (nSPS) is 17.6. The lowest BCUT2D eigenvalue weighted by atomic mass is 10.1. The number of amides is 1. The minimum Gasteiger partial charge on any atom is -0.332 e. The van der Waals surface area contributed by atoms with Crippen molar-refractivity contribution in [3.05, 3.63) is 27.5 Å². The summed E-state index contributed by atoms with van der Waals surface area (Å²) in [7, 11) is 0. The zero-order valence-corrected chi connectivity index (χ0v) is 14.2. The van der Waals surface area contributed by atoms with Gasteiger partial charge in [0.2, 0.25) is 0 Å². The molecule has 110 valence electrons. The average molecular weight is 340 g/mol. The smallest absolute Gasteiger partial charge is 0.274 e. The predicted molar refractivity (Wildman–Crippen MR) is 84.1 cm³/mol. The molecule has 1 aromatic heterocycles. The molecule has 4 nitrogen and oxygen atoms in total. The summed E-state index contributed by atoms with van der Waals surface area (Å²) in [6.07, 6.45) is 1.94. The third-order valence-electron chi connectivity index (χ3n) is 3.99. The molecule has 2 heterocycles. The fraction of sp³-hybridized carbons (Fsp3) is 0.600. The van der Waals surface area contributed by atoms with E-state index >= 15 is 0 Å². The Morgan fingerprint density at radius 3 is 2.80 bits per heavy atom. The Balaban J connectivity index is 2.18. The average Bonchev–Trinajstić information content (AvgIpc) is 2.82. The molecule has 0 saturated carbocycles. The van der Waals surface area contributed by atoms with E-state index < -0.39 is 0 Å². The van der Waals surface area contributed by atoms with Gasteiger partial charge >= 0.3 is 0 Å². The second kappa shape index (κ2) is 6.12. The van der Waals surface area contributed by atoms with Crippen molar-refractivity contribution >= 4 is 21.8 Å². The van der Waals surface area contributed by atoms with E-state index in [4.69, 9.17) is 0 Å². The molecule has 1 unspecified atom stereocenters. The monoisotopic (exact) mass is 339 g/mol. The van der Waals surface area contributed by atoms with Crippen molar-refractivity contribution in [3.63, 3.8) is 0 Å². The van der Waals surface area contributed by atoms with Crippen LogP contribution in [-0.4, -0.2) is 33.7 Å². The Hall–Kier alpha value is -1.10. The van der Waals surface area contributed by atoms with Gasteiger partial charge in [-0.15, -0.1) is 0 Å². The zero-order chi connectivity index (χ0) is 14.9. The molecule has 1 aliphatic heterocycles. The Bertz CT molecular complexity index is 547. The van der Waals surface area contributed by atoms with Crippen LogP contribution in [0.3, 0.4) is 0 Å². The molecule has 0 aromatic carbocycles. The van der Waals surface area contributed by atoms with E-state index in [0.29, 0.717) is 18.3 Å². The molecule has 1 aromatic rings. The summed E-state index contributed by atoms with van der Waals surface area (Å²) < 4.78 is 3.07. The molecule has 0 saturated heterocycles. The van der Waals surface area contributed by atoms with E-state index in [1.165, 1.54) is 5.57 Å². The molecule has 0 aliphatic carbocycles. The van der Waals surface area contributed by atoms with Crippen LogP contribution in [0.25, 0.3) is 0 Å². The second-order valence-corrected chi connectivity index (χ2v) is 6.49. The van der Waals surface area contributed by atoms with Crippen LogP contribution in [0.15, 0.2) is 16.1 Å². The maximum Gasteiger partial charge on any atom is 0.274 e. The molecule has 5 heteroatoms. The van der Waals surface area contributed by atoms with Gasteiger partial charge in [0.05, 0.1) is 6.54 Å². The van der Waals surface area contributed by atoms with E-state index in [-0.39, 0.29) is 5.91 Å². The molecule has 1 atom stereocenters.